The third-order valence-electron chi connectivity index (χ3n) is 3.84. The first-order chi connectivity index (χ1) is 11.6. The van der Waals surface area contributed by atoms with Gasteiger partial charge in [0.25, 0.3) is 0 Å². The summed E-state index contributed by atoms with van der Waals surface area (Å²) in [4.78, 5) is 41.9. The topological polar surface area (TPSA) is 144 Å². The predicted molar refractivity (Wildman–Crippen MR) is 87.3 cm³/mol. The molecule has 7 nitrogen and oxygen atoms in total. The Bertz CT molecular complexity index is 772. The molecule has 0 heterocycles. The van der Waals surface area contributed by atoms with Gasteiger partial charge in [0.2, 0.25) is 0 Å². The summed E-state index contributed by atoms with van der Waals surface area (Å²) in [6.07, 6.45) is -2.13. The molecule has 3 atom stereocenters. The number of hydrogen-bond acceptors (Lipinski definition) is 6. The fraction of sp³-hybridized carbons (Fsp3) is 0.250. The molecule has 136 valence electrons. The van der Waals surface area contributed by atoms with Gasteiger partial charge in [0, 0.05) is 0 Å². The van der Waals surface area contributed by atoms with Crippen LogP contribution in [0.25, 0.3) is 11.1 Å². The van der Waals surface area contributed by atoms with Crippen LogP contribution in [0.3, 0.4) is 0 Å². The van der Waals surface area contributed by atoms with Crippen molar-refractivity contribution in [1.29, 1.82) is 0 Å². The number of rotatable bonds is 7. The maximum Gasteiger partial charge on any atom is 1.00 e. The van der Waals surface area contributed by atoms with E-state index in [1.54, 1.807) is 24.3 Å². The summed E-state index contributed by atoms with van der Waals surface area (Å²) >= 11 is 0. The van der Waals surface area contributed by atoms with Crippen LogP contribution in [0.15, 0.2) is 54.6 Å². The number of aliphatic hydroxyl groups excluding tert-OH is 1. The summed E-state index contributed by atoms with van der Waals surface area (Å²) in [6, 6.07) is 16.3. The predicted octanol–water partition coefficient (Wildman–Crippen LogP) is -8.04. The van der Waals surface area contributed by atoms with Crippen molar-refractivity contribution in [3.63, 3.8) is 0 Å². The van der Waals surface area contributed by atoms with Crippen molar-refractivity contribution in [3.05, 3.63) is 60.2 Å². The van der Waals surface area contributed by atoms with E-state index in [9.17, 15) is 28.9 Å². The summed E-state index contributed by atoms with van der Waals surface area (Å²) in [5, 5.41) is 7.66. The molecule has 12 heteroatoms. The molecule has 0 aliphatic heterocycles. The molecule has 28 heavy (non-hydrogen) atoms. The van der Waals surface area contributed by atoms with Crippen molar-refractivity contribution in [2.24, 2.45) is 0 Å². The Hall–Kier alpha value is 3.61. The van der Waals surface area contributed by atoms with Gasteiger partial charge in [-0.05, 0) is 29.5 Å². The Kier molecular flexibility index (Phi) is 18.7. The van der Waals surface area contributed by atoms with Crippen molar-refractivity contribution in [3.8, 4) is 11.1 Å². The average Bonchev–Trinajstić information content (AvgIpc) is 2.53. The minimum absolute atomic E-state index is 0. The van der Waals surface area contributed by atoms with Crippen LogP contribution in [0.2, 0.25) is 0 Å². The fourth-order valence-corrected chi connectivity index (χ4v) is 4.87. The van der Waals surface area contributed by atoms with Crippen molar-refractivity contribution < 1.29 is 188 Å². The van der Waals surface area contributed by atoms with Gasteiger partial charge in [0.15, 0.2) is 0 Å². The Labute approximate surface area is 292 Å². The van der Waals surface area contributed by atoms with Gasteiger partial charge >= 0.3 is 154 Å². The van der Waals surface area contributed by atoms with E-state index in [0.29, 0.717) is 5.56 Å². The van der Waals surface area contributed by atoms with Gasteiger partial charge in [-0.15, -0.1) is 0 Å². The van der Waals surface area contributed by atoms with Crippen LogP contribution in [0.4, 0.5) is 0 Å². The smallest absolute Gasteiger partial charge is 0.810 e. The molecule has 0 amide bonds. The van der Waals surface area contributed by atoms with Gasteiger partial charge in [-0.2, -0.15) is 0 Å². The summed E-state index contributed by atoms with van der Waals surface area (Å²) in [7, 11) is -10.9. The molecule has 0 fully saturated rings. The third kappa shape index (κ3) is 11.2. The van der Waals surface area contributed by atoms with E-state index in [2.05, 4.69) is 0 Å². The van der Waals surface area contributed by atoms with E-state index >= 15 is 0 Å². The summed E-state index contributed by atoms with van der Waals surface area (Å²) < 4.78 is 22.0. The molecule has 0 aliphatic carbocycles. The molecular formula is C16H17K3O7P2. The van der Waals surface area contributed by atoms with Crippen molar-refractivity contribution in [1.82, 2.24) is 0 Å². The van der Waals surface area contributed by atoms with Gasteiger partial charge in [-0.3, -0.25) is 0 Å². The second kappa shape index (κ2) is 15.5. The molecule has 0 bridgehead atoms. The third-order valence-corrected chi connectivity index (χ3v) is 7.57. The van der Waals surface area contributed by atoms with Crippen LogP contribution in [0.1, 0.15) is 24.5 Å². The number of benzene rings is 2. The van der Waals surface area contributed by atoms with Crippen molar-refractivity contribution in [2.45, 2.75) is 24.3 Å². The zero-order valence-electron chi connectivity index (χ0n) is 16.1. The van der Waals surface area contributed by atoms with Crippen molar-refractivity contribution in [2.75, 3.05) is 0 Å². The van der Waals surface area contributed by atoms with Crippen molar-refractivity contribution >= 4 is 15.2 Å². The fourth-order valence-electron chi connectivity index (χ4n) is 2.50. The Morgan fingerprint density at radius 1 is 0.786 bits per heavy atom. The molecule has 0 aromatic heterocycles. The second-order valence-electron chi connectivity index (χ2n) is 5.67. The molecule has 0 aliphatic rings. The van der Waals surface area contributed by atoms with Gasteiger partial charge in [0.05, 0.1) is 11.5 Å². The van der Waals surface area contributed by atoms with Crippen LogP contribution in [-0.2, 0) is 9.13 Å². The van der Waals surface area contributed by atoms with Crippen LogP contribution in [-0.4, -0.2) is 15.4 Å². The zero-order valence-corrected chi connectivity index (χ0v) is 27.3. The molecule has 0 saturated heterocycles. The largest absolute Gasteiger partial charge is 1.00 e. The molecule has 2 rings (SSSR count). The zero-order chi connectivity index (χ0) is 18.7. The molecular weight excluding hydrogens is 483 g/mol. The van der Waals surface area contributed by atoms with E-state index in [-0.39, 0.29) is 161 Å². The molecule has 0 spiro atoms. The SMILES string of the molecule is O=P([O-])([O-])C(CCC(O)c1ccc(-c2ccccc2)cc1)P(=O)([O-])O.[K+].[K+].[K+]. The van der Waals surface area contributed by atoms with Crippen LogP contribution in [0.5, 0.6) is 0 Å². The minimum Gasteiger partial charge on any atom is -0.810 e. The minimum atomic E-state index is -5.53. The molecule has 2 aromatic carbocycles. The summed E-state index contributed by atoms with van der Waals surface area (Å²) in [5.41, 5.74) is 2.34. The van der Waals surface area contributed by atoms with Crippen LogP contribution < -0.4 is 169 Å². The standard InChI is InChI=1S/C16H20O7P2.3K/c17-15(10-11-16(24(18,19)20)25(21,22)23)14-8-6-13(7-9-14)12-4-2-1-3-5-12;;;/h1-9,15-17H,10-11H2,(H2,18,19,20)(H2,21,22,23);;;/q;3*+1/p-3. The maximum atomic E-state index is 11.1. The summed E-state index contributed by atoms with van der Waals surface area (Å²) in [6.45, 7) is 0. The first-order valence-corrected chi connectivity index (χ1v) is 10.7. The Morgan fingerprint density at radius 2 is 1.25 bits per heavy atom. The Morgan fingerprint density at radius 3 is 1.68 bits per heavy atom. The molecule has 2 N–H and O–H groups in total. The quantitative estimate of drug-likeness (QED) is 0.284. The van der Waals surface area contributed by atoms with E-state index in [1.807, 2.05) is 30.3 Å². The Balaban J connectivity index is 0. The van der Waals surface area contributed by atoms with Gasteiger partial charge in [-0.1, -0.05) is 62.2 Å². The first kappa shape index (κ1) is 33.8. The van der Waals surface area contributed by atoms with Gasteiger partial charge < -0.3 is 33.8 Å². The number of aliphatic hydroxyl groups is 1. The van der Waals surface area contributed by atoms with Crippen LogP contribution >= 0.6 is 15.2 Å². The van der Waals surface area contributed by atoms with Crippen LogP contribution in [0, 0.1) is 0 Å². The second-order valence-corrected chi connectivity index (χ2v) is 9.53. The van der Waals surface area contributed by atoms with E-state index in [0.717, 1.165) is 11.1 Å². The van der Waals surface area contributed by atoms with Gasteiger partial charge in [0.1, 0.15) is 7.60 Å². The average molecular weight is 501 g/mol. The van der Waals surface area contributed by atoms with E-state index in [4.69, 9.17) is 4.89 Å². The maximum absolute atomic E-state index is 11.1. The molecule has 0 radical (unpaired) electrons. The number of hydrogen-bond donors (Lipinski definition) is 2. The summed E-state index contributed by atoms with van der Waals surface area (Å²) in [5.74, 6) is 0. The molecule has 0 saturated carbocycles. The van der Waals surface area contributed by atoms with Gasteiger partial charge in [-0.25, -0.2) is 0 Å². The first-order valence-electron chi connectivity index (χ1n) is 7.47. The molecule has 2 aromatic rings. The van der Waals surface area contributed by atoms with E-state index in [1.165, 1.54) is 0 Å². The van der Waals surface area contributed by atoms with E-state index < -0.39 is 33.1 Å². The normalized spacial score (nSPS) is 15.0. The molecule has 3 unspecified atom stereocenters. The monoisotopic (exact) mass is 500 g/mol.